The molecular weight excluding hydrogens is 386 g/mol. The van der Waals surface area contributed by atoms with Gasteiger partial charge in [0.15, 0.2) is 0 Å². The van der Waals surface area contributed by atoms with E-state index < -0.39 is 0 Å². The molecule has 1 amide bonds. The summed E-state index contributed by atoms with van der Waals surface area (Å²) in [6.07, 6.45) is 1.69. The minimum atomic E-state index is -0.264. The minimum absolute atomic E-state index is 0.00793. The second kappa shape index (κ2) is 9.52. The van der Waals surface area contributed by atoms with Crippen molar-refractivity contribution < 1.29 is 4.79 Å². The van der Waals surface area contributed by atoms with Crippen molar-refractivity contribution in [1.82, 2.24) is 14.9 Å². The molecule has 0 spiro atoms. The van der Waals surface area contributed by atoms with E-state index in [1.165, 1.54) is 16.2 Å². The van der Waals surface area contributed by atoms with Crippen LogP contribution in [0.2, 0.25) is 5.02 Å². The number of halogens is 1. The average molecular weight is 410 g/mol. The van der Waals surface area contributed by atoms with Crippen molar-refractivity contribution in [3.05, 3.63) is 87.3 Å². The quantitative estimate of drug-likeness (QED) is 0.641. The average Bonchev–Trinajstić information content (AvgIpc) is 2.69. The molecule has 2 aromatic carbocycles. The van der Waals surface area contributed by atoms with Gasteiger partial charge in [-0.2, -0.15) is 0 Å². The Morgan fingerprint density at radius 1 is 1.14 bits per heavy atom. The molecule has 0 saturated carbocycles. The maximum Gasteiger partial charge on any atom is 0.254 e. The topological polar surface area (TPSA) is 64.0 Å². The Morgan fingerprint density at radius 2 is 1.90 bits per heavy atom. The normalized spacial score (nSPS) is 11.8. The zero-order valence-corrected chi connectivity index (χ0v) is 17.3. The lowest BCUT2D eigenvalue weighted by Gasteiger charge is -2.16. The second-order valence-corrected chi connectivity index (χ2v) is 7.59. The van der Waals surface area contributed by atoms with Crippen LogP contribution in [0.5, 0.6) is 0 Å². The molecule has 1 N–H and O–H groups in total. The third kappa shape index (κ3) is 5.78. The van der Waals surface area contributed by atoms with Gasteiger partial charge in [-0.05, 0) is 44.4 Å². The SMILES string of the molecule is Cc1cc(=O)n(CC(=O)N[C@H](C)CCc2ccccc2)c(-c2cccc(Cl)c2)n1. The van der Waals surface area contributed by atoms with Crippen LogP contribution in [0.4, 0.5) is 0 Å². The van der Waals surface area contributed by atoms with Crippen molar-refractivity contribution in [2.45, 2.75) is 39.3 Å². The van der Waals surface area contributed by atoms with Crippen LogP contribution in [0.1, 0.15) is 24.6 Å². The van der Waals surface area contributed by atoms with Gasteiger partial charge >= 0.3 is 0 Å². The first-order valence-electron chi connectivity index (χ1n) is 9.60. The Bertz CT molecular complexity index is 1050. The molecule has 0 bridgehead atoms. The fourth-order valence-corrected chi connectivity index (χ4v) is 3.38. The van der Waals surface area contributed by atoms with Gasteiger partial charge in [0.25, 0.3) is 5.56 Å². The highest BCUT2D eigenvalue weighted by Crippen LogP contribution is 2.20. The predicted molar refractivity (Wildman–Crippen MR) is 116 cm³/mol. The molecule has 6 heteroatoms. The van der Waals surface area contributed by atoms with Crippen molar-refractivity contribution in [3.63, 3.8) is 0 Å². The molecule has 150 valence electrons. The van der Waals surface area contributed by atoms with E-state index >= 15 is 0 Å². The number of carbonyl (C=O) groups is 1. The van der Waals surface area contributed by atoms with E-state index in [2.05, 4.69) is 22.4 Å². The molecule has 0 radical (unpaired) electrons. The summed E-state index contributed by atoms with van der Waals surface area (Å²) in [4.78, 5) is 29.6. The van der Waals surface area contributed by atoms with E-state index in [4.69, 9.17) is 11.6 Å². The van der Waals surface area contributed by atoms with Gasteiger partial charge in [-0.25, -0.2) is 4.98 Å². The number of amides is 1. The van der Waals surface area contributed by atoms with Crippen molar-refractivity contribution in [3.8, 4) is 11.4 Å². The summed E-state index contributed by atoms with van der Waals surface area (Å²) in [6.45, 7) is 3.63. The summed E-state index contributed by atoms with van der Waals surface area (Å²) in [7, 11) is 0. The lowest BCUT2D eigenvalue weighted by molar-refractivity contribution is -0.122. The fourth-order valence-electron chi connectivity index (χ4n) is 3.19. The van der Waals surface area contributed by atoms with Crippen molar-refractivity contribution >= 4 is 17.5 Å². The lowest BCUT2D eigenvalue weighted by Crippen LogP contribution is -2.38. The summed E-state index contributed by atoms with van der Waals surface area (Å²) in [5.74, 6) is 0.214. The van der Waals surface area contributed by atoms with Crippen LogP contribution in [0, 0.1) is 6.92 Å². The summed E-state index contributed by atoms with van der Waals surface area (Å²) in [5.41, 5.74) is 2.26. The molecular formula is C23H24ClN3O2. The number of carbonyl (C=O) groups excluding carboxylic acids is 1. The zero-order chi connectivity index (χ0) is 20.8. The molecule has 5 nitrogen and oxygen atoms in total. The third-order valence-corrected chi connectivity index (χ3v) is 4.87. The number of nitrogens with zero attached hydrogens (tertiary/aromatic N) is 2. The van der Waals surface area contributed by atoms with Gasteiger partial charge in [0.1, 0.15) is 12.4 Å². The predicted octanol–water partition coefficient (Wildman–Crippen LogP) is 4.01. The monoisotopic (exact) mass is 409 g/mol. The van der Waals surface area contributed by atoms with E-state index in [1.54, 1.807) is 25.1 Å². The third-order valence-electron chi connectivity index (χ3n) is 4.64. The second-order valence-electron chi connectivity index (χ2n) is 7.15. The van der Waals surface area contributed by atoms with Gasteiger partial charge in [-0.3, -0.25) is 14.2 Å². The Hall–Kier alpha value is -2.92. The fraction of sp³-hybridized carbons (Fsp3) is 0.261. The summed E-state index contributed by atoms with van der Waals surface area (Å²) in [5, 5.41) is 3.52. The molecule has 0 saturated heterocycles. The van der Waals surface area contributed by atoms with Gasteiger partial charge in [-0.1, -0.05) is 54.1 Å². The molecule has 3 aromatic rings. The lowest BCUT2D eigenvalue weighted by atomic mass is 10.1. The molecule has 0 fully saturated rings. The first kappa shape index (κ1) is 20.8. The highest BCUT2D eigenvalue weighted by molar-refractivity contribution is 6.30. The Kier molecular flexibility index (Phi) is 6.83. The number of aromatic nitrogens is 2. The Labute approximate surface area is 175 Å². The van der Waals surface area contributed by atoms with Gasteiger partial charge in [-0.15, -0.1) is 0 Å². The first-order valence-corrected chi connectivity index (χ1v) is 9.98. The summed E-state index contributed by atoms with van der Waals surface area (Å²) in [6, 6.07) is 18.7. The van der Waals surface area contributed by atoms with Crippen LogP contribution in [-0.4, -0.2) is 21.5 Å². The number of nitrogens with one attached hydrogen (secondary N) is 1. The number of hydrogen-bond donors (Lipinski definition) is 1. The van der Waals surface area contributed by atoms with Crippen LogP contribution in [0.15, 0.2) is 65.5 Å². The van der Waals surface area contributed by atoms with Gasteiger partial charge < -0.3 is 5.32 Å². The van der Waals surface area contributed by atoms with E-state index in [1.807, 2.05) is 31.2 Å². The van der Waals surface area contributed by atoms with Crippen molar-refractivity contribution in [2.24, 2.45) is 0 Å². The van der Waals surface area contributed by atoms with Gasteiger partial charge in [0, 0.05) is 28.4 Å². The molecule has 3 rings (SSSR count). The Balaban J connectivity index is 1.72. The van der Waals surface area contributed by atoms with Gasteiger partial charge in [0.05, 0.1) is 0 Å². The molecule has 0 aliphatic carbocycles. The van der Waals surface area contributed by atoms with Gasteiger partial charge in [0.2, 0.25) is 5.91 Å². The first-order chi connectivity index (χ1) is 13.9. The van der Waals surface area contributed by atoms with E-state index in [-0.39, 0.29) is 24.1 Å². The molecule has 1 aromatic heterocycles. The van der Waals surface area contributed by atoms with E-state index in [0.717, 1.165) is 12.8 Å². The number of hydrogen-bond acceptors (Lipinski definition) is 3. The maximum atomic E-state index is 12.6. The van der Waals surface area contributed by atoms with Crippen LogP contribution >= 0.6 is 11.6 Å². The molecule has 0 aliphatic heterocycles. The van der Waals surface area contributed by atoms with Crippen LogP contribution in [0.25, 0.3) is 11.4 Å². The Morgan fingerprint density at radius 3 is 2.62 bits per heavy atom. The molecule has 29 heavy (non-hydrogen) atoms. The molecule has 0 aliphatic rings. The van der Waals surface area contributed by atoms with E-state index in [0.29, 0.717) is 22.1 Å². The summed E-state index contributed by atoms with van der Waals surface area (Å²) >= 11 is 6.09. The van der Waals surface area contributed by atoms with Crippen LogP contribution in [-0.2, 0) is 17.8 Å². The van der Waals surface area contributed by atoms with Crippen LogP contribution < -0.4 is 10.9 Å². The zero-order valence-electron chi connectivity index (χ0n) is 16.6. The highest BCUT2D eigenvalue weighted by Gasteiger charge is 2.15. The number of aryl methyl sites for hydroxylation is 2. The maximum absolute atomic E-state index is 12.6. The number of rotatable bonds is 7. The number of benzene rings is 2. The van der Waals surface area contributed by atoms with Crippen LogP contribution in [0.3, 0.4) is 0 Å². The smallest absolute Gasteiger partial charge is 0.254 e. The minimum Gasteiger partial charge on any atom is -0.352 e. The van der Waals surface area contributed by atoms with Crippen molar-refractivity contribution in [2.75, 3.05) is 0 Å². The largest absolute Gasteiger partial charge is 0.352 e. The molecule has 1 atom stereocenters. The highest BCUT2D eigenvalue weighted by atomic mass is 35.5. The summed E-state index contributed by atoms with van der Waals surface area (Å²) < 4.78 is 1.39. The molecule has 0 unspecified atom stereocenters. The standard InChI is InChI=1S/C23H24ClN3O2/c1-16(11-12-18-7-4-3-5-8-18)25-21(28)15-27-22(29)13-17(2)26-23(27)19-9-6-10-20(24)14-19/h3-10,13-14,16H,11-12,15H2,1-2H3,(H,25,28)/t16-/m1/s1. The van der Waals surface area contributed by atoms with E-state index in [9.17, 15) is 9.59 Å². The molecule has 1 heterocycles. The van der Waals surface area contributed by atoms with Crippen molar-refractivity contribution in [1.29, 1.82) is 0 Å².